The van der Waals surface area contributed by atoms with Crippen LogP contribution in [0.4, 0.5) is 0 Å². The fraction of sp³-hybridized carbons (Fsp3) is 0.286. The van der Waals surface area contributed by atoms with Gasteiger partial charge in [0.1, 0.15) is 17.4 Å². The third-order valence-electron chi connectivity index (χ3n) is 2.93. The zero-order valence-electron chi connectivity index (χ0n) is 10.7. The predicted octanol–water partition coefficient (Wildman–Crippen LogP) is 1.92. The van der Waals surface area contributed by atoms with Crippen molar-refractivity contribution in [2.75, 3.05) is 26.3 Å². The van der Waals surface area contributed by atoms with Crippen LogP contribution in [0.15, 0.2) is 28.2 Å². The van der Waals surface area contributed by atoms with Crippen molar-refractivity contribution in [2.24, 2.45) is 0 Å². The SMILES string of the molecule is N#CC(=Cc1ccc(O)c(Br)c1)C(=O)N1CCOCC1. The molecule has 1 heterocycles. The van der Waals surface area contributed by atoms with Crippen LogP contribution in [0, 0.1) is 11.3 Å². The van der Waals surface area contributed by atoms with Crippen molar-refractivity contribution in [3.8, 4) is 11.8 Å². The first kappa shape index (κ1) is 14.6. The monoisotopic (exact) mass is 336 g/mol. The normalized spacial score (nSPS) is 15.8. The van der Waals surface area contributed by atoms with Crippen LogP contribution in [0.2, 0.25) is 0 Å². The number of phenols is 1. The number of ether oxygens (including phenoxy) is 1. The summed E-state index contributed by atoms with van der Waals surface area (Å²) < 4.78 is 5.70. The predicted molar refractivity (Wildman–Crippen MR) is 76.8 cm³/mol. The maximum atomic E-state index is 12.2. The Morgan fingerprint density at radius 3 is 2.75 bits per heavy atom. The molecule has 5 nitrogen and oxygen atoms in total. The van der Waals surface area contributed by atoms with Gasteiger partial charge >= 0.3 is 0 Å². The molecule has 104 valence electrons. The molecule has 1 aromatic rings. The topological polar surface area (TPSA) is 73.6 Å². The van der Waals surface area contributed by atoms with E-state index in [-0.39, 0.29) is 17.2 Å². The van der Waals surface area contributed by atoms with Crippen molar-refractivity contribution in [3.63, 3.8) is 0 Å². The van der Waals surface area contributed by atoms with E-state index in [1.54, 1.807) is 17.0 Å². The molecule has 1 amide bonds. The van der Waals surface area contributed by atoms with E-state index in [0.717, 1.165) is 0 Å². The van der Waals surface area contributed by atoms with Gasteiger partial charge in [0, 0.05) is 13.1 Å². The summed E-state index contributed by atoms with van der Waals surface area (Å²) in [7, 11) is 0. The average Bonchev–Trinajstić information content (AvgIpc) is 2.48. The van der Waals surface area contributed by atoms with Gasteiger partial charge in [-0.05, 0) is 39.7 Å². The molecular formula is C14H13BrN2O3. The first-order chi connectivity index (χ1) is 9.61. The highest BCUT2D eigenvalue weighted by atomic mass is 79.9. The van der Waals surface area contributed by atoms with E-state index in [1.807, 2.05) is 6.07 Å². The van der Waals surface area contributed by atoms with Crippen molar-refractivity contribution >= 4 is 27.9 Å². The second kappa shape index (κ2) is 6.55. The lowest BCUT2D eigenvalue weighted by Gasteiger charge is -2.26. The van der Waals surface area contributed by atoms with Gasteiger partial charge in [-0.2, -0.15) is 5.26 Å². The Morgan fingerprint density at radius 2 is 2.15 bits per heavy atom. The molecule has 0 bridgehead atoms. The second-order valence-corrected chi connectivity index (χ2v) is 5.14. The number of amides is 1. The Balaban J connectivity index is 2.22. The molecule has 1 N–H and O–H groups in total. The highest BCUT2D eigenvalue weighted by Gasteiger charge is 2.20. The molecule has 6 heteroatoms. The average molecular weight is 337 g/mol. The quantitative estimate of drug-likeness (QED) is 0.661. The van der Waals surface area contributed by atoms with Gasteiger partial charge < -0.3 is 14.7 Å². The zero-order valence-corrected chi connectivity index (χ0v) is 12.3. The van der Waals surface area contributed by atoms with Crippen molar-refractivity contribution in [3.05, 3.63) is 33.8 Å². The smallest absolute Gasteiger partial charge is 0.264 e. The number of benzene rings is 1. The molecule has 1 saturated heterocycles. The van der Waals surface area contributed by atoms with Crippen molar-refractivity contribution in [2.45, 2.75) is 0 Å². The number of hydrogen-bond donors (Lipinski definition) is 1. The molecule has 0 aliphatic carbocycles. The summed E-state index contributed by atoms with van der Waals surface area (Å²) in [5, 5.41) is 18.6. The Morgan fingerprint density at radius 1 is 1.45 bits per heavy atom. The van der Waals surface area contributed by atoms with Gasteiger partial charge in [-0.15, -0.1) is 0 Å². The zero-order chi connectivity index (χ0) is 14.5. The summed E-state index contributed by atoms with van der Waals surface area (Å²) in [6.07, 6.45) is 1.52. The first-order valence-electron chi connectivity index (χ1n) is 6.09. The van der Waals surface area contributed by atoms with Gasteiger partial charge in [0.05, 0.1) is 17.7 Å². The molecule has 0 spiro atoms. The summed E-state index contributed by atoms with van der Waals surface area (Å²) in [5.74, 6) is -0.180. The molecule has 2 rings (SSSR count). The van der Waals surface area contributed by atoms with Gasteiger partial charge in [-0.1, -0.05) is 6.07 Å². The highest BCUT2D eigenvalue weighted by Crippen LogP contribution is 2.25. The fourth-order valence-corrected chi connectivity index (χ4v) is 2.25. The van der Waals surface area contributed by atoms with Crippen LogP contribution in [-0.2, 0) is 9.53 Å². The second-order valence-electron chi connectivity index (χ2n) is 4.29. The summed E-state index contributed by atoms with van der Waals surface area (Å²) in [6.45, 7) is 1.98. The van der Waals surface area contributed by atoms with Crippen LogP contribution in [0.5, 0.6) is 5.75 Å². The Kier molecular flexibility index (Phi) is 4.77. The van der Waals surface area contributed by atoms with Crippen molar-refractivity contribution in [1.29, 1.82) is 5.26 Å². The van der Waals surface area contributed by atoms with E-state index in [1.165, 1.54) is 12.1 Å². The lowest BCUT2D eigenvalue weighted by molar-refractivity contribution is -0.130. The number of nitriles is 1. The molecule has 0 atom stereocenters. The molecular weight excluding hydrogens is 324 g/mol. The number of rotatable bonds is 2. The first-order valence-corrected chi connectivity index (χ1v) is 6.88. The molecule has 0 radical (unpaired) electrons. The van der Waals surface area contributed by atoms with Crippen LogP contribution >= 0.6 is 15.9 Å². The molecule has 1 fully saturated rings. The van der Waals surface area contributed by atoms with Crippen LogP contribution in [0.3, 0.4) is 0 Å². The minimum atomic E-state index is -0.292. The van der Waals surface area contributed by atoms with Crippen LogP contribution in [-0.4, -0.2) is 42.2 Å². The molecule has 1 aliphatic rings. The number of morpholine rings is 1. The largest absolute Gasteiger partial charge is 0.507 e. The van der Waals surface area contributed by atoms with Crippen LogP contribution < -0.4 is 0 Å². The number of aromatic hydroxyl groups is 1. The lowest BCUT2D eigenvalue weighted by atomic mass is 10.1. The van der Waals surface area contributed by atoms with E-state index < -0.39 is 0 Å². The summed E-state index contributed by atoms with van der Waals surface area (Å²) in [4.78, 5) is 13.8. The summed E-state index contributed by atoms with van der Waals surface area (Å²) >= 11 is 3.20. The maximum absolute atomic E-state index is 12.2. The van der Waals surface area contributed by atoms with Gasteiger partial charge in [0.25, 0.3) is 5.91 Å². The third-order valence-corrected chi connectivity index (χ3v) is 3.57. The maximum Gasteiger partial charge on any atom is 0.264 e. The molecule has 0 saturated carbocycles. The number of halogens is 1. The fourth-order valence-electron chi connectivity index (χ4n) is 1.86. The van der Waals surface area contributed by atoms with E-state index in [9.17, 15) is 9.90 Å². The highest BCUT2D eigenvalue weighted by molar-refractivity contribution is 9.10. The summed E-state index contributed by atoms with van der Waals surface area (Å²) in [6, 6.07) is 6.73. The van der Waals surface area contributed by atoms with Gasteiger partial charge in [-0.3, -0.25) is 4.79 Å². The molecule has 0 aromatic heterocycles. The molecule has 1 aromatic carbocycles. The standard InChI is InChI=1S/C14H13BrN2O3/c15-12-8-10(1-2-13(12)18)7-11(9-16)14(19)17-3-5-20-6-4-17/h1-2,7-8,18H,3-6H2. The number of carbonyl (C=O) groups is 1. The third kappa shape index (κ3) is 3.38. The Labute approximate surface area is 125 Å². The number of phenolic OH excluding ortho intramolecular Hbond substituents is 1. The minimum Gasteiger partial charge on any atom is -0.507 e. The van der Waals surface area contributed by atoms with Crippen LogP contribution in [0.1, 0.15) is 5.56 Å². The number of carbonyl (C=O) groups excluding carboxylic acids is 1. The van der Waals surface area contributed by atoms with E-state index >= 15 is 0 Å². The van der Waals surface area contributed by atoms with Gasteiger partial charge in [0.15, 0.2) is 0 Å². The van der Waals surface area contributed by atoms with E-state index in [2.05, 4.69) is 15.9 Å². The Hall–Kier alpha value is -1.84. The van der Waals surface area contributed by atoms with Gasteiger partial charge in [0.2, 0.25) is 0 Å². The Bertz CT molecular complexity index is 587. The number of nitrogens with zero attached hydrogens (tertiary/aromatic N) is 2. The molecule has 20 heavy (non-hydrogen) atoms. The van der Waals surface area contributed by atoms with Crippen LogP contribution in [0.25, 0.3) is 6.08 Å². The minimum absolute atomic E-state index is 0.0736. The van der Waals surface area contributed by atoms with Gasteiger partial charge in [-0.25, -0.2) is 0 Å². The van der Waals surface area contributed by atoms with E-state index in [0.29, 0.717) is 36.3 Å². The van der Waals surface area contributed by atoms with E-state index in [4.69, 9.17) is 10.00 Å². The molecule has 1 aliphatic heterocycles. The van der Waals surface area contributed by atoms with Crippen molar-refractivity contribution in [1.82, 2.24) is 4.90 Å². The summed E-state index contributed by atoms with van der Waals surface area (Å²) in [5.41, 5.74) is 0.748. The lowest BCUT2D eigenvalue weighted by Crippen LogP contribution is -2.41. The van der Waals surface area contributed by atoms with Crippen molar-refractivity contribution < 1.29 is 14.6 Å². The molecule has 0 unspecified atom stereocenters. The number of hydrogen-bond acceptors (Lipinski definition) is 4.